The summed E-state index contributed by atoms with van der Waals surface area (Å²) in [5, 5.41) is 4.11. The molecule has 0 fully saturated rings. The van der Waals surface area contributed by atoms with Crippen molar-refractivity contribution < 1.29 is 14.3 Å². The zero-order valence-electron chi connectivity index (χ0n) is 10.9. The zero-order valence-corrected chi connectivity index (χ0v) is 10.9. The lowest BCUT2D eigenvalue weighted by Crippen LogP contribution is -2.35. The maximum atomic E-state index is 12.4. The maximum Gasteiger partial charge on any atom is 0.325 e. The summed E-state index contributed by atoms with van der Waals surface area (Å²) in [6.45, 7) is 2.18. The average molecular weight is 261 g/mol. The predicted octanol–water partition coefficient (Wildman–Crippen LogP) is 0.969. The van der Waals surface area contributed by atoms with Crippen LogP contribution in [-0.4, -0.2) is 46.6 Å². The van der Waals surface area contributed by atoms with Gasteiger partial charge in [-0.2, -0.15) is 5.10 Å². The van der Waals surface area contributed by atoms with Gasteiger partial charge in [-0.15, -0.1) is 0 Å². The third-order valence-corrected chi connectivity index (χ3v) is 2.87. The van der Waals surface area contributed by atoms with E-state index in [1.165, 1.54) is 18.2 Å². The van der Waals surface area contributed by atoms with Crippen LogP contribution in [-0.2, 0) is 9.53 Å². The number of methoxy groups -OCH3 is 1. The van der Waals surface area contributed by atoms with Crippen LogP contribution in [0.2, 0.25) is 0 Å². The number of nitrogens with zero attached hydrogens (tertiary/aromatic N) is 3. The van der Waals surface area contributed by atoms with Crippen molar-refractivity contribution in [2.24, 2.45) is 0 Å². The Labute approximate surface area is 110 Å². The topological polar surface area (TPSA) is 63.9 Å². The van der Waals surface area contributed by atoms with E-state index >= 15 is 0 Å². The summed E-state index contributed by atoms with van der Waals surface area (Å²) in [5.74, 6) is -0.666. The number of carbonyl (C=O) groups excluding carboxylic acids is 2. The fourth-order valence-electron chi connectivity index (χ4n) is 1.82. The van der Waals surface area contributed by atoms with Gasteiger partial charge < -0.3 is 9.64 Å². The molecule has 0 saturated carbocycles. The highest BCUT2D eigenvalue weighted by Gasteiger charge is 2.20. The summed E-state index contributed by atoms with van der Waals surface area (Å²) in [6.07, 6.45) is 3.28. The molecule has 0 radical (unpaired) electrons. The van der Waals surface area contributed by atoms with Gasteiger partial charge in [0, 0.05) is 12.7 Å². The Morgan fingerprint density at radius 1 is 1.42 bits per heavy atom. The average Bonchev–Trinajstić information content (AvgIpc) is 2.87. The second-order valence-corrected chi connectivity index (χ2v) is 3.98. The SMILES string of the molecule is CCN(CC(=O)OC)C(=O)c1cnn2ccccc12. The molecule has 100 valence electrons. The number of hydrogen-bond acceptors (Lipinski definition) is 4. The lowest BCUT2D eigenvalue weighted by molar-refractivity contribution is -0.141. The van der Waals surface area contributed by atoms with Crippen LogP contribution in [0.15, 0.2) is 30.6 Å². The number of amides is 1. The van der Waals surface area contributed by atoms with E-state index in [4.69, 9.17) is 0 Å². The minimum absolute atomic E-state index is 0.0595. The molecule has 0 saturated heterocycles. The molecule has 19 heavy (non-hydrogen) atoms. The van der Waals surface area contributed by atoms with E-state index < -0.39 is 5.97 Å². The number of aromatic nitrogens is 2. The van der Waals surface area contributed by atoms with E-state index in [2.05, 4.69) is 9.84 Å². The first-order valence-corrected chi connectivity index (χ1v) is 5.95. The van der Waals surface area contributed by atoms with Crippen LogP contribution in [0.3, 0.4) is 0 Å². The fraction of sp³-hybridized carbons (Fsp3) is 0.308. The molecule has 2 aromatic heterocycles. The first-order valence-electron chi connectivity index (χ1n) is 5.95. The molecule has 0 bridgehead atoms. The van der Waals surface area contributed by atoms with Crippen molar-refractivity contribution in [1.29, 1.82) is 0 Å². The van der Waals surface area contributed by atoms with Crippen molar-refractivity contribution in [3.63, 3.8) is 0 Å². The first-order chi connectivity index (χ1) is 9.17. The van der Waals surface area contributed by atoms with Crippen molar-refractivity contribution in [3.05, 3.63) is 36.2 Å². The van der Waals surface area contributed by atoms with Gasteiger partial charge in [0.2, 0.25) is 0 Å². The molecule has 0 aromatic carbocycles. The van der Waals surface area contributed by atoms with E-state index in [1.807, 2.05) is 25.1 Å². The Morgan fingerprint density at radius 2 is 2.21 bits per heavy atom. The number of ether oxygens (including phenoxy) is 1. The van der Waals surface area contributed by atoms with Gasteiger partial charge in [0.25, 0.3) is 5.91 Å². The number of rotatable bonds is 4. The van der Waals surface area contributed by atoms with Crippen LogP contribution in [0, 0.1) is 0 Å². The summed E-state index contributed by atoms with van der Waals surface area (Å²) in [4.78, 5) is 25.1. The number of carbonyl (C=O) groups is 2. The molecule has 2 rings (SSSR count). The van der Waals surface area contributed by atoms with Gasteiger partial charge in [-0.05, 0) is 19.1 Å². The van der Waals surface area contributed by atoms with Gasteiger partial charge in [0.1, 0.15) is 6.54 Å². The summed E-state index contributed by atoms with van der Waals surface area (Å²) < 4.78 is 6.21. The molecule has 0 atom stereocenters. The number of esters is 1. The van der Waals surface area contributed by atoms with Crippen molar-refractivity contribution >= 4 is 17.4 Å². The number of likely N-dealkylation sites (N-methyl/N-ethyl adjacent to an activating group) is 1. The number of pyridine rings is 1. The van der Waals surface area contributed by atoms with Crippen molar-refractivity contribution in [2.75, 3.05) is 20.2 Å². The molecule has 0 aliphatic rings. The van der Waals surface area contributed by atoms with Crippen LogP contribution >= 0.6 is 0 Å². The highest BCUT2D eigenvalue weighted by Crippen LogP contribution is 2.12. The first kappa shape index (κ1) is 13.1. The smallest absolute Gasteiger partial charge is 0.325 e. The van der Waals surface area contributed by atoms with E-state index in [9.17, 15) is 9.59 Å². The summed E-state index contributed by atoms with van der Waals surface area (Å²) >= 11 is 0. The quantitative estimate of drug-likeness (QED) is 0.769. The van der Waals surface area contributed by atoms with Crippen LogP contribution in [0.25, 0.3) is 5.52 Å². The largest absolute Gasteiger partial charge is 0.468 e. The van der Waals surface area contributed by atoms with Crippen LogP contribution < -0.4 is 0 Å². The van der Waals surface area contributed by atoms with E-state index in [0.717, 1.165) is 5.52 Å². The molecule has 0 aliphatic carbocycles. The molecule has 0 N–H and O–H groups in total. The molecule has 2 aromatic rings. The number of hydrogen-bond donors (Lipinski definition) is 0. The van der Waals surface area contributed by atoms with Crippen LogP contribution in [0.5, 0.6) is 0 Å². The fourth-order valence-corrected chi connectivity index (χ4v) is 1.82. The van der Waals surface area contributed by atoms with E-state index in [1.54, 1.807) is 10.7 Å². The Morgan fingerprint density at radius 3 is 2.89 bits per heavy atom. The molecule has 6 nitrogen and oxygen atoms in total. The van der Waals surface area contributed by atoms with Crippen molar-refractivity contribution in [2.45, 2.75) is 6.92 Å². The zero-order chi connectivity index (χ0) is 13.8. The van der Waals surface area contributed by atoms with Gasteiger partial charge in [-0.1, -0.05) is 6.07 Å². The monoisotopic (exact) mass is 261 g/mol. The lowest BCUT2D eigenvalue weighted by atomic mass is 10.2. The highest BCUT2D eigenvalue weighted by molar-refractivity contribution is 6.01. The second kappa shape index (κ2) is 5.51. The predicted molar refractivity (Wildman–Crippen MR) is 68.8 cm³/mol. The third-order valence-electron chi connectivity index (χ3n) is 2.87. The molecule has 2 heterocycles. The second-order valence-electron chi connectivity index (χ2n) is 3.98. The minimum atomic E-state index is -0.438. The maximum absolute atomic E-state index is 12.4. The molecule has 1 amide bonds. The van der Waals surface area contributed by atoms with Crippen LogP contribution in [0.4, 0.5) is 0 Å². The lowest BCUT2D eigenvalue weighted by Gasteiger charge is -2.18. The molecule has 0 aliphatic heterocycles. The summed E-state index contributed by atoms with van der Waals surface area (Å²) in [6, 6.07) is 5.48. The van der Waals surface area contributed by atoms with Crippen LogP contribution in [0.1, 0.15) is 17.3 Å². The Bertz CT molecular complexity index is 606. The van der Waals surface area contributed by atoms with Crippen molar-refractivity contribution in [3.8, 4) is 0 Å². The molecule has 0 spiro atoms. The Balaban J connectivity index is 2.29. The Kier molecular flexibility index (Phi) is 3.79. The molecular formula is C13H15N3O3. The molecule has 6 heteroatoms. The van der Waals surface area contributed by atoms with Gasteiger partial charge in [-0.3, -0.25) is 9.59 Å². The summed E-state index contributed by atoms with van der Waals surface area (Å²) in [7, 11) is 1.30. The third kappa shape index (κ3) is 2.57. The number of fused-ring (bicyclic) bond motifs is 1. The molecular weight excluding hydrogens is 246 g/mol. The van der Waals surface area contributed by atoms with Gasteiger partial charge in [-0.25, -0.2) is 4.52 Å². The standard InChI is InChI=1S/C13H15N3O3/c1-3-15(9-12(17)19-2)13(18)10-8-14-16-7-5-4-6-11(10)16/h4-8H,3,9H2,1-2H3. The van der Waals surface area contributed by atoms with Gasteiger partial charge >= 0.3 is 5.97 Å². The van der Waals surface area contributed by atoms with E-state index in [0.29, 0.717) is 12.1 Å². The molecule has 0 unspecified atom stereocenters. The highest BCUT2D eigenvalue weighted by atomic mass is 16.5. The summed E-state index contributed by atoms with van der Waals surface area (Å²) in [5.41, 5.74) is 1.20. The van der Waals surface area contributed by atoms with Gasteiger partial charge in [0.15, 0.2) is 0 Å². The Hall–Kier alpha value is -2.37. The van der Waals surface area contributed by atoms with Crippen molar-refractivity contribution in [1.82, 2.24) is 14.5 Å². The normalized spacial score (nSPS) is 10.4. The van der Waals surface area contributed by atoms with E-state index in [-0.39, 0.29) is 12.5 Å². The van der Waals surface area contributed by atoms with Gasteiger partial charge in [0.05, 0.1) is 24.4 Å². The minimum Gasteiger partial charge on any atom is -0.468 e.